The van der Waals surface area contributed by atoms with Gasteiger partial charge in [-0.3, -0.25) is 9.88 Å². The number of rotatable bonds is 5. The molecule has 0 amide bonds. The van der Waals surface area contributed by atoms with Crippen molar-refractivity contribution in [3.63, 3.8) is 0 Å². The quantitative estimate of drug-likeness (QED) is 0.799. The molecule has 1 aromatic heterocycles. The second kappa shape index (κ2) is 7.58. The third kappa shape index (κ3) is 3.55. The van der Waals surface area contributed by atoms with E-state index in [9.17, 15) is 14.9 Å². The molecule has 2 heterocycles. The van der Waals surface area contributed by atoms with Crippen LogP contribution in [0.1, 0.15) is 41.5 Å². The highest BCUT2D eigenvalue weighted by atomic mass is 16.5. The number of aromatic amines is 2. The van der Waals surface area contributed by atoms with Crippen LogP contribution in [-0.4, -0.2) is 40.5 Å². The topological polar surface area (TPSA) is 102 Å². The van der Waals surface area contributed by atoms with Gasteiger partial charge in [0.2, 0.25) is 0 Å². The van der Waals surface area contributed by atoms with Gasteiger partial charge in [0.1, 0.15) is 5.69 Å². The van der Waals surface area contributed by atoms with Crippen LogP contribution in [0.3, 0.4) is 0 Å². The van der Waals surface area contributed by atoms with Crippen LogP contribution in [0.4, 0.5) is 0 Å². The van der Waals surface area contributed by atoms with E-state index in [1.165, 1.54) is 0 Å². The molecule has 0 saturated carbocycles. The number of carbonyl (C=O) groups is 1. The summed E-state index contributed by atoms with van der Waals surface area (Å²) in [6.07, 6.45) is 1.41. The summed E-state index contributed by atoms with van der Waals surface area (Å²) in [6.45, 7) is 3.81. The van der Waals surface area contributed by atoms with Crippen LogP contribution in [0.25, 0.3) is 0 Å². The number of esters is 1. The molecule has 7 heteroatoms. The van der Waals surface area contributed by atoms with Gasteiger partial charge >= 0.3 is 11.7 Å². The largest absolute Gasteiger partial charge is 0.461 e. The minimum Gasteiger partial charge on any atom is -0.461 e. The summed E-state index contributed by atoms with van der Waals surface area (Å²) in [4.78, 5) is 30.9. The number of benzene rings is 1. The zero-order valence-corrected chi connectivity index (χ0v) is 14.7. The normalized spacial score (nSPS) is 16.8. The van der Waals surface area contributed by atoms with Crippen molar-refractivity contribution < 1.29 is 9.53 Å². The molecule has 1 fully saturated rings. The van der Waals surface area contributed by atoms with Crippen LogP contribution >= 0.6 is 0 Å². The summed E-state index contributed by atoms with van der Waals surface area (Å²) in [5, 5.41) is 9.77. The van der Waals surface area contributed by atoms with Crippen LogP contribution in [0, 0.1) is 11.3 Å². The highest BCUT2D eigenvalue weighted by molar-refractivity contribution is 5.88. The van der Waals surface area contributed by atoms with Gasteiger partial charge < -0.3 is 9.72 Å². The number of aromatic nitrogens is 2. The van der Waals surface area contributed by atoms with Gasteiger partial charge in [0.15, 0.2) is 0 Å². The number of H-pyrrole nitrogens is 2. The summed E-state index contributed by atoms with van der Waals surface area (Å²) >= 11 is 0. The first-order valence-electron chi connectivity index (χ1n) is 8.75. The Morgan fingerprint density at radius 1 is 1.27 bits per heavy atom. The van der Waals surface area contributed by atoms with E-state index in [1.807, 2.05) is 30.3 Å². The first-order valence-corrected chi connectivity index (χ1v) is 8.75. The summed E-state index contributed by atoms with van der Waals surface area (Å²) in [5.74, 6) is -0.534. The molecular weight excluding hydrogens is 332 g/mol. The molecule has 1 aliphatic heterocycles. The molecule has 0 bridgehead atoms. The zero-order valence-electron chi connectivity index (χ0n) is 14.7. The number of ether oxygens (including phenoxy) is 1. The van der Waals surface area contributed by atoms with E-state index in [0.717, 1.165) is 5.56 Å². The molecule has 3 rings (SSSR count). The molecule has 0 atom stereocenters. The molecule has 1 aliphatic rings. The molecule has 0 unspecified atom stereocenters. The maximum atomic E-state index is 12.0. The van der Waals surface area contributed by atoms with E-state index in [0.29, 0.717) is 38.2 Å². The number of imidazole rings is 1. The SMILES string of the molecule is CCOC(=O)c1[nH]c(=O)[nH]c1CN1CCC(C#N)(c2ccccc2)CC1. The Balaban J connectivity index is 1.71. The Hall–Kier alpha value is -2.85. The predicted molar refractivity (Wildman–Crippen MR) is 95.6 cm³/mol. The monoisotopic (exact) mass is 354 g/mol. The maximum absolute atomic E-state index is 12.0. The van der Waals surface area contributed by atoms with E-state index in [2.05, 4.69) is 20.9 Å². The first kappa shape index (κ1) is 18.0. The summed E-state index contributed by atoms with van der Waals surface area (Å²) in [5.41, 5.74) is 0.850. The summed E-state index contributed by atoms with van der Waals surface area (Å²) < 4.78 is 4.99. The number of hydrogen-bond acceptors (Lipinski definition) is 5. The molecular formula is C19H22N4O3. The minimum absolute atomic E-state index is 0.178. The zero-order chi connectivity index (χ0) is 18.6. The van der Waals surface area contributed by atoms with Gasteiger partial charge in [0.25, 0.3) is 0 Å². The van der Waals surface area contributed by atoms with Gasteiger partial charge in [0.05, 0.1) is 23.8 Å². The number of nitrogens with zero attached hydrogens (tertiary/aromatic N) is 2. The van der Waals surface area contributed by atoms with Crippen molar-refractivity contribution >= 4 is 5.97 Å². The molecule has 0 spiro atoms. The van der Waals surface area contributed by atoms with E-state index in [4.69, 9.17) is 4.74 Å². The second-order valence-electron chi connectivity index (χ2n) is 6.49. The number of carbonyl (C=O) groups excluding carboxylic acids is 1. The standard InChI is InChI=1S/C19H22N4O3/c1-2-26-17(24)16-15(21-18(25)22-16)12-23-10-8-19(13-20,9-11-23)14-6-4-3-5-7-14/h3-7H,2,8-12H2,1H3,(H2,21,22,25). The van der Waals surface area contributed by atoms with Gasteiger partial charge in [-0.1, -0.05) is 30.3 Å². The lowest BCUT2D eigenvalue weighted by Gasteiger charge is -2.37. The van der Waals surface area contributed by atoms with Gasteiger partial charge in [-0.15, -0.1) is 0 Å². The number of likely N-dealkylation sites (tertiary alicyclic amines) is 1. The van der Waals surface area contributed by atoms with Crippen LogP contribution in [-0.2, 0) is 16.7 Å². The van der Waals surface area contributed by atoms with Crippen LogP contribution in [0.5, 0.6) is 0 Å². The maximum Gasteiger partial charge on any atom is 0.356 e. The van der Waals surface area contributed by atoms with E-state index in [1.54, 1.807) is 6.92 Å². The number of nitriles is 1. The van der Waals surface area contributed by atoms with Gasteiger partial charge in [-0.05, 0) is 25.3 Å². The molecule has 136 valence electrons. The smallest absolute Gasteiger partial charge is 0.356 e. The fourth-order valence-corrected chi connectivity index (χ4v) is 3.45. The fourth-order valence-electron chi connectivity index (χ4n) is 3.45. The Labute approximate surface area is 151 Å². The minimum atomic E-state index is -0.534. The van der Waals surface area contributed by atoms with Gasteiger partial charge in [-0.25, -0.2) is 9.59 Å². The van der Waals surface area contributed by atoms with Crippen LogP contribution in [0.15, 0.2) is 35.1 Å². The Morgan fingerprint density at radius 3 is 2.58 bits per heavy atom. The van der Waals surface area contributed by atoms with Crippen molar-refractivity contribution in [3.05, 3.63) is 57.8 Å². The van der Waals surface area contributed by atoms with Crippen LogP contribution < -0.4 is 5.69 Å². The Bertz CT molecular complexity index is 855. The molecule has 0 radical (unpaired) electrons. The highest BCUT2D eigenvalue weighted by Gasteiger charge is 2.36. The third-order valence-corrected chi connectivity index (χ3v) is 4.92. The lowest BCUT2D eigenvalue weighted by Crippen LogP contribution is -2.41. The number of piperidine rings is 1. The van der Waals surface area contributed by atoms with Crippen molar-refractivity contribution in [1.29, 1.82) is 5.26 Å². The summed E-state index contributed by atoms with van der Waals surface area (Å²) in [6, 6.07) is 12.4. The van der Waals surface area contributed by atoms with E-state index < -0.39 is 17.1 Å². The molecule has 2 N–H and O–H groups in total. The summed E-state index contributed by atoms with van der Waals surface area (Å²) in [7, 11) is 0. The van der Waals surface area contributed by atoms with Gasteiger partial charge in [0, 0.05) is 19.6 Å². The number of nitrogens with one attached hydrogen (secondary N) is 2. The first-order chi connectivity index (χ1) is 12.6. The molecule has 1 aromatic carbocycles. The second-order valence-corrected chi connectivity index (χ2v) is 6.49. The molecule has 26 heavy (non-hydrogen) atoms. The average molecular weight is 354 g/mol. The number of hydrogen-bond donors (Lipinski definition) is 2. The molecule has 7 nitrogen and oxygen atoms in total. The van der Waals surface area contributed by atoms with Crippen LogP contribution in [0.2, 0.25) is 0 Å². The highest BCUT2D eigenvalue weighted by Crippen LogP contribution is 2.35. The van der Waals surface area contributed by atoms with Crippen molar-refractivity contribution in [2.45, 2.75) is 31.7 Å². The molecule has 2 aromatic rings. The predicted octanol–water partition coefficient (Wildman–Crippen LogP) is 1.94. The lowest BCUT2D eigenvalue weighted by atomic mass is 9.74. The van der Waals surface area contributed by atoms with Gasteiger partial charge in [-0.2, -0.15) is 5.26 Å². The van der Waals surface area contributed by atoms with Crippen molar-refractivity contribution in [3.8, 4) is 6.07 Å². The lowest BCUT2D eigenvalue weighted by molar-refractivity contribution is 0.0516. The molecule has 0 aliphatic carbocycles. The van der Waals surface area contributed by atoms with E-state index in [-0.39, 0.29) is 12.3 Å². The van der Waals surface area contributed by atoms with E-state index >= 15 is 0 Å². The van der Waals surface area contributed by atoms with Crippen molar-refractivity contribution in [2.24, 2.45) is 0 Å². The van der Waals surface area contributed by atoms with Crippen molar-refractivity contribution in [2.75, 3.05) is 19.7 Å². The van der Waals surface area contributed by atoms with Crippen molar-refractivity contribution in [1.82, 2.24) is 14.9 Å². The molecule has 1 saturated heterocycles. The third-order valence-electron chi connectivity index (χ3n) is 4.92. The Kier molecular flexibility index (Phi) is 5.24. The Morgan fingerprint density at radius 2 is 1.96 bits per heavy atom. The fraction of sp³-hybridized carbons (Fsp3) is 0.421. The average Bonchev–Trinajstić information content (AvgIpc) is 3.04.